The van der Waals surface area contributed by atoms with Crippen LogP contribution in [-0.4, -0.2) is 85.3 Å². The number of ether oxygens (including phenoxy) is 2. The molecule has 0 amide bonds. The van der Waals surface area contributed by atoms with Crippen molar-refractivity contribution in [2.45, 2.75) is 108 Å². The van der Waals surface area contributed by atoms with Gasteiger partial charge in [0.25, 0.3) is 0 Å². The van der Waals surface area contributed by atoms with Crippen molar-refractivity contribution in [3.05, 3.63) is 0 Å². The predicted octanol–water partition coefficient (Wildman–Crippen LogP) is -0.0902. The molecule has 0 bridgehead atoms. The lowest BCUT2D eigenvalue weighted by molar-refractivity contribution is -0.331. The van der Waals surface area contributed by atoms with Crippen LogP contribution in [0, 0.1) is 17.3 Å². The Morgan fingerprint density at radius 2 is 1.62 bits per heavy atom. The molecule has 3 rings (SSSR count). The van der Waals surface area contributed by atoms with Gasteiger partial charge in [0.1, 0.15) is 24.4 Å². The summed E-state index contributed by atoms with van der Waals surface area (Å²) in [5, 5.41) is 61.1. The first-order chi connectivity index (χ1) is 13.3. The van der Waals surface area contributed by atoms with Crippen molar-refractivity contribution in [1.82, 2.24) is 0 Å². The number of hydrogen-bond donors (Lipinski definition) is 6. The van der Waals surface area contributed by atoms with Gasteiger partial charge in [-0.2, -0.15) is 0 Å². The fourth-order valence-corrected chi connectivity index (χ4v) is 5.79. The molecule has 3 fully saturated rings. The van der Waals surface area contributed by atoms with E-state index in [-0.39, 0.29) is 17.3 Å². The monoisotopic (exact) mass is 418 g/mol. The van der Waals surface area contributed by atoms with Crippen LogP contribution in [0.15, 0.2) is 0 Å². The lowest BCUT2D eigenvalue weighted by Crippen LogP contribution is -2.62. The van der Waals surface area contributed by atoms with Crippen LogP contribution in [-0.2, 0) is 9.47 Å². The quantitative estimate of drug-likeness (QED) is 0.372. The molecule has 8 nitrogen and oxygen atoms in total. The summed E-state index contributed by atoms with van der Waals surface area (Å²) in [6, 6.07) is 0. The predicted molar refractivity (Wildman–Crippen MR) is 104 cm³/mol. The molecule has 2 saturated carbocycles. The van der Waals surface area contributed by atoms with E-state index in [1.807, 2.05) is 13.8 Å². The second-order valence-corrected chi connectivity index (χ2v) is 10.4. The van der Waals surface area contributed by atoms with Crippen molar-refractivity contribution in [2.24, 2.45) is 17.3 Å². The molecule has 170 valence electrons. The van der Waals surface area contributed by atoms with Gasteiger partial charge in [0.05, 0.1) is 23.9 Å². The van der Waals surface area contributed by atoms with E-state index in [1.54, 1.807) is 6.92 Å². The highest BCUT2D eigenvalue weighted by molar-refractivity contribution is 5.06. The number of aliphatic hydroxyl groups is 6. The van der Waals surface area contributed by atoms with Gasteiger partial charge in [-0.15, -0.1) is 0 Å². The van der Waals surface area contributed by atoms with E-state index in [1.165, 1.54) is 0 Å². The van der Waals surface area contributed by atoms with Gasteiger partial charge >= 0.3 is 0 Å². The third-order valence-electron chi connectivity index (χ3n) is 8.05. The molecule has 0 aromatic carbocycles. The third kappa shape index (κ3) is 4.11. The highest BCUT2D eigenvalue weighted by Crippen LogP contribution is 2.57. The molecule has 8 heteroatoms. The first-order valence-electron chi connectivity index (χ1n) is 10.7. The normalized spacial score (nSPS) is 51.5. The Kier molecular flexibility index (Phi) is 6.43. The van der Waals surface area contributed by atoms with Crippen molar-refractivity contribution in [2.75, 3.05) is 6.61 Å². The molecule has 10 atom stereocenters. The van der Waals surface area contributed by atoms with Gasteiger partial charge in [0.2, 0.25) is 0 Å². The van der Waals surface area contributed by atoms with Crippen LogP contribution in [0.5, 0.6) is 0 Å². The Bertz CT molecular complexity index is 574. The van der Waals surface area contributed by atoms with Gasteiger partial charge in [-0.05, 0) is 70.1 Å². The Balaban J connectivity index is 1.74. The van der Waals surface area contributed by atoms with Crippen molar-refractivity contribution in [1.29, 1.82) is 0 Å². The summed E-state index contributed by atoms with van der Waals surface area (Å²) >= 11 is 0. The molecule has 6 N–H and O–H groups in total. The Labute approximate surface area is 172 Å². The van der Waals surface area contributed by atoms with E-state index >= 15 is 0 Å². The molecular formula is C21H38O8. The fourth-order valence-electron chi connectivity index (χ4n) is 5.79. The summed E-state index contributed by atoms with van der Waals surface area (Å²) in [6.07, 6.45) is -3.43. The SMILES string of the molecule is CC(C)(O[C@@H]1O[C@H](CO)[C@@H](O)[C@H](O)[C@H]1O)[C@@H]1CC[C@@]2(C)CC[C@H](O)[C@@](C)(O)[C@@H]2C1. The molecule has 29 heavy (non-hydrogen) atoms. The maximum Gasteiger partial charge on any atom is 0.187 e. The van der Waals surface area contributed by atoms with E-state index in [0.717, 1.165) is 19.3 Å². The van der Waals surface area contributed by atoms with Crippen LogP contribution >= 0.6 is 0 Å². The van der Waals surface area contributed by atoms with Gasteiger partial charge in [-0.1, -0.05) is 6.92 Å². The van der Waals surface area contributed by atoms with Gasteiger partial charge in [-0.25, -0.2) is 0 Å². The summed E-state index contributed by atoms with van der Waals surface area (Å²) in [7, 11) is 0. The molecule has 1 saturated heterocycles. The fraction of sp³-hybridized carbons (Fsp3) is 1.00. The highest BCUT2D eigenvalue weighted by Gasteiger charge is 2.57. The molecule has 0 aromatic rings. The molecule has 1 aliphatic heterocycles. The van der Waals surface area contributed by atoms with Gasteiger partial charge in [-0.3, -0.25) is 0 Å². The van der Waals surface area contributed by atoms with Crippen LogP contribution in [0.1, 0.15) is 59.8 Å². The molecule has 3 aliphatic rings. The lowest BCUT2D eigenvalue weighted by atomic mass is 9.51. The average Bonchev–Trinajstić information content (AvgIpc) is 2.65. The minimum Gasteiger partial charge on any atom is -0.394 e. The maximum absolute atomic E-state index is 11.0. The van der Waals surface area contributed by atoms with E-state index < -0.39 is 54.6 Å². The topological polar surface area (TPSA) is 140 Å². The molecule has 0 aromatic heterocycles. The van der Waals surface area contributed by atoms with Crippen LogP contribution in [0.4, 0.5) is 0 Å². The number of rotatable bonds is 4. The van der Waals surface area contributed by atoms with Crippen molar-refractivity contribution in [3.8, 4) is 0 Å². The number of fused-ring (bicyclic) bond motifs is 1. The number of aliphatic hydroxyl groups excluding tert-OH is 5. The smallest absolute Gasteiger partial charge is 0.187 e. The summed E-state index contributed by atoms with van der Waals surface area (Å²) in [5.74, 6) is -0.0557. The van der Waals surface area contributed by atoms with Crippen LogP contribution in [0.2, 0.25) is 0 Å². The second-order valence-electron chi connectivity index (χ2n) is 10.4. The van der Waals surface area contributed by atoms with Gasteiger partial charge in [0, 0.05) is 0 Å². The Hall–Kier alpha value is -0.320. The largest absolute Gasteiger partial charge is 0.394 e. The van der Waals surface area contributed by atoms with Crippen LogP contribution in [0.25, 0.3) is 0 Å². The first-order valence-corrected chi connectivity index (χ1v) is 10.7. The van der Waals surface area contributed by atoms with Crippen LogP contribution < -0.4 is 0 Å². The zero-order valence-electron chi connectivity index (χ0n) is 17.9. The molecule has 2 aliphatic carbocycles. The zero-order valence-corrected chi connectivity index (χ0v) is 17.9. The van der Waals surface area contributed by atoms with Gasteiger partial charge in [0.15, 0.2) is 6.29 Å². The molecule has 0 radical (unpaired) electrons. The van der Waals surface area contributed by atoms with Gasteiger partial charge < -0.3 is 40.1 Å². The second kappa shape index (κ2) is 7.98. The Morgan fingerprint density at radius 3 is 2.24 bits per heavy atom. The van der Waals surface area contributed by atoms with Crippen LogP contribution in [0.3, 0.4) is 0 Å². The average molecular weight is 419 g/mol. The van der Waals surface area contributed by atoms with Crippen molar-refractivity contribution in [3.63, 3.8) is 0 Å². The third-order valence-corrected chi connectivity index (χ3v) is 8.05. The summed E-state index contributed by atoms with van der Waals surface area (Å²) in [5.41, 5.74) is -1.98. The van der Waals surface area contributed by atoms with E-state index in [4.69, 9.17) is 9.47 Å². The van der Waals surface area contributed by atoms with E-state index in [9.17, 15) is 30.6 Å². The molecular weight excluding hydrogens is 380 g/mol. The number of hydrogen-bond acceptors (Lipinski definition) is 8. The standard InChI is InChI=1S/C21H38O8/c1-19(2,29-18-17(26)16(25)15(24)12(10-22)28-18)11-5-7-20(3)8-6-14(23)21(4,27)13(20)9-11/h11-18,22-27H,5-10H2,1-4H3/t11-,12-,13-,14+,15-,16+,17-,18+,20+,21+/m1/s1. The summed E-state index contributed by atoms with van der Waals surface area (Å²) in [4.78, 5) is 0. The van der Waals surface area contributed by atoms with Crippen molar-refractivity contribution >= 4 is 0 Å². The molecule has 1 heterocycles. The minimum absolute atomic E-state index is 0.0321. The summed E-state index contributed by atoms with van der Waals surface area (Å²) < 4.78 is 11.6. The minimum atomic E-state index is -1.48. The first kappa shape index (κ1) is 23.3. The lowest BCUT2D eigenvalue weighted by Gasteiger charge is -2.57. The molecule has 0 spiro atoms. The van der Waals surface area contributed by atoms with Crippen molar-refractivity contribution < 1.29 is 40.1 Å². The maximum atomic E-state index is 11.0. The zero-order chi connectivity index (χ0) is 21.8. The highest BCUT2D eigenvalue weighted by atomic mass is 16.7. The molecule has 0 unspecified atom stereocenters. The van der Waals surface area contributed by atoms with E-state index in [0.29, 0.717) is 12.8 Å². The van der Waals surface area contributed by atoms with E-state index in [2.05, 4.69) is 6.92 Å². The Morgan fingerprint density at radius 1 is 1.00 bits per heavy atom. The summed E-state index contributed by atoms with van der Waals surface area (Å²) in [6.45, 7) is 7.16.